The van der Waals surface area contributed by atoms with E-state index in [2.05, 4.69) is 49.0 Å². The molecule has 0 spiro atoms. The van der Waals surface area contributed by atoms with Gasteiger partial charge in [0.15, 0.2) is 6.17 Å². The second-order valence-corrected chi connectivity index (χ2v) is 7.64. The van der Waals surface area contributed by atoms with Gasteiger partial charge in [0.1, 0.15) is 0 Å². The van der Waals surface area contributed by atoms with Crippen LogP contribution in [0.4, 0.5) is 4.79 Å². The predicted octanol–water partition coefficient (Wildman–Crippen LogP) is 1.79. The van der Waals surface area contributed by atoms with Crippen molar-refractivity contribution in [2.24, 2.45) is 11.8 Å². The lowest BCUT2D eigenvalue weighted by Crippen LogP contribution is -2.43. The van der Waals surface area contributed by atoms with Gasteiger partial charge in [0.05, 0.1) is 0 Å². The first-order valence-corrected chi connectivity index (χ1v) is 9.91. The van der Waals surface area contributed by atoms with Crippen molar-refractivity contribution < 1.29 is 24.9 Å². The first-order valence-electron chi connectivity index (χ1n) is 9.91. The number of nitrogens with zero attached hydrogens (tertiary/aromatic N) is 1. The summed E-state index contributed by atoms with van der Waals surface area (Å²) in [5.41, 5.74) is 0. The number of imide groups is 1. The van der Waals surface area contributed by atoms with Gasteiger partial charge in [-0.2, -0.15) is 0 Å². The van der Waals surface area contributed by atoms with Gasteiger partial charge < -0.3 is 16.0 Å². The highest BCUT2D eigenvalue weighted by molar-refractivity contribution is 6.34. The van der Waals surface area contributed by atoms with E-state index in [9.17, 15) is 19.2 Å². The summed E-state index contributed by atoms with van der Waals surface area (Å²) in [6.45, 7) is 9.90. The number of nitrogens with one attached hydrogen (secondary N) is 4. The summed E-state index contributed by atoms with van der Waals surface area (Å²) in [4.78, 5) is 45.2. The molecule has 170 valence electrons. The van der Waals surface area contributed by atoms with E-state index < -0.39 is 18.0 Å². The number of amides is 5. The molecule has 9 nitrogen and oxygen atoms in total. The Hall–Kier alpha value is -2.16. The van der Waals surface area contributed by atoms with Crippen LogP contribution in [0, 0.1) is 11.8 Å². The molecular formula is C19H45N5O4. The van der Waals surface area contributed by atoms with Crippen LogP contribution in [0.25, 0.3) is 0 Å². The Morgan fingerprint density at radius 1 is 1.04 bits per heavy atom. The molecule has 9 heteroatoms. The lowest BCUT2D eigenvalue weighted by atomic mass is 10.1. The highest BCUT2D eigenvalue weighted by Gasteiger charge is 2.34. The predicted molar refractivity (Wildman–Crippen MR) is 117 cm³/mol. The van der Waals surface area contributed by atoms with Gasteiger partial charge >= 0.3 is 17.8 Å². The summed E-state index contributed by atoms with van der Waals surface area (Å²) in [7, 11) is 2.92. The molecule has 1 saturated heterocycles. The molecular weight excluding hydrogens is 362 g/mol. The van der Waals surface area contributed by atoms with Gasteiger partial charge in [0, 0.05) is 26.3 Å². The molecule has 1 rings (SSSR count). The molecule has 0 aromatic carbocycles. The summed E-state index contributed by atoms with van der Waals surface area (Å²) in [5.74, 6) is -0.0272. The van der Waals surface area contributed by atoms with E-state index in [1.165, 1.54) is 14.1 Å². The monoisotopic (exact) mass is 407 g/mol. The van der Waals surface area contributed by atoms with Gasteiger partial charge in [-0.25, -0.2) is 4.79 Å². The zero-order chi connectivity index (χ0) is 21.7. The molecule has 1 unspecified atom stereocenters. The van der Waals surface area contributed by atoms with Crippen LogP contribution in [-0.2, 0) is 14.4 Å². The number of likely N-dealkylation sites (N-methyl/N-ethyl adjacent to an activating group) is 2. The van der Waals surface area contributed by atoms with Crippen molar-refractivity contribution in [3.8, 4) is 0 Å². The largest absolute Gasteiger partial charge is 0.351 e. The lowest BCUT2D eigenvalue weighted by Gasteiger charge is -2.10. The third kappa shape index (κ3) is 10.9. The van der Waals surface area contributed by atoms with E-state index in [1.54, 1.807) is 0 Å². The molecule has 4 N–H and O–H groups in total. The van der Waals surface area contributed by atoms with Crippen molar-refractivity contribution in [3.05, 3.63) is 0 Å². The van der Waals surface area contributed by atoms with Crippen LogP contribution in [0.15, 0.2) is 0 Å². The Morgan fingerprint density at radius 3 is 2.00 bits per heavy atom. The fourth-order valence-corrected chi connectivity index (χ4v) is 2.38. The van der Waals surface area contributed by atoms with Gasteiger partial charge in [-0.05, 0) is 44.1 Å². The minimum Gasteiger partial charge on any atom is -0.351 e. The summed E-state index contributed by atoms with van der Waals surface area (Å²) in [6, 6.07) is -0.332. The van der Waals surface area contributed by atoms with Crippen LogP contribution < -0.4 is 21.3 Å². The lowest BCUT2D eigenvalue weighted by molar-refractivity contribution is -0.138. The maximum Gasteiger partial charge on any atom is 0.325 e. The van der Waals surface area contributed by atoms with Crippen molar-refractivity contribution in [2.45, 2.75) is 59.5 Å². The van der Waals surface area contributed by atoms with Crippen LogP contribution in [0.2, 0.25) is 0 Å². The number of rotatable bonds is 9. The number of hydrogen-bond donors (Lipinski definition) is 4. The maximum atomic E-state index is 11.4. The standard InChI is InChI=1S/C10H19N3O2.C9H18N2O2.4H2/c1-7(2)5-4-6-11-8-9(14)13(3)10(15)12-8;1-7(2)5-4-6-11-9(13)8(12)10-3;;;;/h7-8,11H,4-6H2,1-3H3,(H,12,15);7H,4-6H2,1-3H3,(H,10,12)(H,11,13);4*1H. The van der Waals surface area contributed by atoms with Gasteiger partial charge in [-0.3, -0.25) is 24.6 Å². The number of urea groups is 1. The smallest absolute Gasteiger partial charge is 0.325 e. The molecule has 1 fully saturated rings. The quantitative estimate of drug-likeness (QED) is 0.264. The van der Waals surface area contributed by atoms with Crippen molar-refractivity contribution in [1.82, 2.24) is 26.2 Å². The van der Waals surface area contributed by atoms with Crippen LogP contribution >= 0.6 is 0 Å². The average molecular weight is 408 g/mol. The third-order valence-corrected chi connectivity index (χ3v) is 4.13. The van der Waals surface area contributed by atoms with E-state index in [0.29, 0.717) is 18.4 Å². The second kappa shape index (κ2) is 13.9. The molecule has 0 saturated carbocycles. The molecule has 28 heavy (non-hydrogen) atoms. The minimum atomic E-state index is -0.579. The Bertz CT molecular complexity index is 540. The fourth-order valence-electron chi connectivity index (χ4n) is 2.38. The van der Waals surface area contributed by atoms with E-state index in [-0.39, 0.29) is 17.6 Å². The molecule has 0 aliphatic carbocycles. The molecule has 0 bridgehead atoms. The Balaban J connectivity index is -0.000000136. The van der Waals surface area contributed by atoms with Crippen LogP contribution in [-0.4, -0.2) is 62.0 Å². The van der Waals surface area contributed by atoms with Crippen molar-refractivity contribution in [3.63, 3.8) is 0 Å². The number of carbonyl (C=O) groups excluding carboxylic acids is 4. The molecule has 0 radical (unpaired) electrons. The van der Waals surface area contributed by atoms with Crippen LogP contribution in [0.1, 0.15) is 59.1 Å². The highest BCUT2D eigenvalue weighted by Crippen LogP contribution is 2.04. The minimum absolute atomic E-state index is 0. The zero-order valence-electron chi connectivity index (χ0n) is 18.1. The maximum absolute atomic E-state index is 11.4. The molecule has 1 heterocycles. The van der Waals surface area contributed by atoms with Crippen molar-refractivity contribution >= 4 is 23.8 Å². The molecule has 1 atom stereocenters. The zero-order valence-corrected chi connectivity index (χ0v) is 18.1. The van der Waals surface area contributed by atoms with Gasteiger partial charge in [-0.1, -0.05) is 27.7 Å². The van der Waals surface area contributed by atoms with Crippen molar-refractivity contribution in [1.29, 1.82) is 0 Å². The normalized spacial score (nSPS) is 16.0. The van der Waals surface area contributed by atoms with E-state index in [1.807, 2.05) is 0 Å². The van der Waals surface area contributed by atoms with Gasteiger partial charge in [0.25, 0.3) is 5.91 Å². The third-order valence-electron chi connectivity index (χ3n) is 4.13. The van der Waals surface area contributed by atoms with E-state index in [4.69, 9.17) is 0 Å². The second-order valence-electron chi connectivity index (χ2n) is 7.64. The molecule has 0 aromatic heterocycles. The number of hydrogen-bond acceptors (Lipinski definition) is 5. The Kier molecular flexibility index (Phi) is 12.9. The Labute approximate surface area is 174 Å². The molecule has 1 aliphatic rings. The average Bonchev–Trinajstić information content (AvgIpc) is 2.88. The summed E-state index contributed by atoms with van der Waals surface area (Å²) >= 11 is 0. The fraction of sp³-hybridized carbons (Fsp3) is 0.789. The molecule has 5 amide bonds. The number of carbonyl (C=O) groups is 4. The summed E-state index contributed by atoms with van der Waals surface area (Å²) in [5, 5.41) is 10.4. The van der Waals surface area contributed by atoms with Gasteiger partial charge in [-0.15, -0.1) is 0 Å². The summed E-state index contributed by atoms with van der Waals surface area (Å²) < 4.78 is 0. The van der Waals surface area contributed by atoms with Crippen LogP contribution in [0.3, 0.4) is 0 Å². The first kappa shape index (κ1) is 25.8. The first-order chi connectivity index (χ1) is 13.1. The van der Waals surface area contributed by atoms with E-state index in [0.717, 1.165) is 37.1 Å². The SMILES string of the molecule is CC(C)CCCNC1NC(=O)N(C)C1=O.CNC(=O)C(=O)NCCCC(C)C.[HH].[HH].[HH].[HH]. The van der Waals surface area contributed by atoms with E-state index >= 15 is 0 Å². The van der Waals surface area contributed by atoms with Crippen LogP contribution in [0.5, 0.6) is 0 Å². The van der Waals surface area contributed by atoms with Gasteiger partial charge in [0.2, 0.25) is 0 Å². The highest BCUT2D eigenvalue weighted by atomic mass is 16.2. The Morgan fingerprint density at radius 2 is 1.57 bits per heavy atom. The topological polar surface area (TPSA) is 120 Å². The molecule has 0 aromatic rings. The molecule has 1 aliphatic heterocycles. The van der Waals surface area contributed by atoms with Crippen molar-refractivity contribution in [2.75, 3.05) is 27.2 Å². The summed E-state index contributed by atoms with van der Waals surface area (Å²) in [6.07, 6.45) is 3.59.